The summed E-state index contributed by atoms with van der Waals surface area (Å²) in [5.74, 6) is 0.848. The Balaban J connectivity index is 1.56. The van der Waals surface area contributed by atoms with E-state index in [0.717, 1.165) is 37.2 Å². The first-order valence-electron chi connectivity index (χ1n) is 10.1. The number of carbonyl (C=O) groups is 1. The van der Waals surface area contributed by atoms with Crippen LogP contribution in [-0.4, -0.2) is 47.1 Å². The van der Waals surface area contributed by atoms with Crippen molar-refractivity contribution >= 4 is 5.78 Å². The minimum Gasteiger partial charge on any atom is -0.508 e. The molecule has 30 heavy (non-hydrogen) atoms. The molecule has 0 radical (unpaired) electrons. The summed E-state index contributed by atoms with van der Waals surface area (Å²) in [7, 11) is 2.10. The summed E-state index contributed by atoms with van der Waals surface area (Å²) in [5.41, 5.74) is 2.40. The number of hydrogen-bond donors (Lipinski definition) is 2. The van der Waals surface area contributed by atoms with Gasteiger partial charge in [-0.05, 0) is 92.2 Å². The first-order chi connectivity index (χ1) is 14.5. The van der Waals surface area contributed by atoms with Crippen molar-refractivity contribution in [2.45, 2.75) is 18.9 Å². The number of phenols is 2. The van der Waals surface area contributed by atoms with E-state index in [1.54, 1.807) is 48.5 Å². The lowest BCUT2D eigenvalue weighted by molar-refractivity contribution is 0.103. The van der Waals surface area contributed by atoms with Gasteiger partial charge in [-0.15, -0.1) is 0 Å². The molecule has 0 aliphatic carbocycles. The molecule has 4 rings (SSSR count). The molecule has 1 saturated heterocycles. The van der Waals surface area contributed by atoms with Crippen LogP contribution in [-0.2, 0) is 0 Å². The van der Waals surface area contributed by atoms with E-state index in [1.165, 1.54) is 6.07 Å². The summed E-state index contributed by atoms with van der Waals surface area (Å²) in [4.78, 5) is 15.5. The van der Waals surface area contributed by atoms with Gasteiger partial charge in [0.2, 0.25) is 0 Å². The molecule has 1 unspecified atom stereocenters. The number of ketones is 1. The molecule has 154 valence electrons. The van der Waals surface area contributed by atoms with Gasteiger partial charge in [0, 0.05) is 17.7 Å². The van der Waals surface area contributed by atoms with Gasteiger partial charge >= 0.3 is 0 Å². The summed E-state index contributed by atoms with van der Waals surface area (Å²) >= 11 is 0. The fraction of sp³-hybridized carbons (Fsp3) is 0.240. The first-order valence-corrected chi connectivity index (χ1v) is 10.1. The Hall–Kier alpha value is -3.31. The fourth-order valence-corrected chi connectivity index (χ4v) is 3.86. The maximum Gasteiger partial charge on any atom is 0.193 e. The number of likely N-dealkylation sites (N-methyl/N-ethyl adjacent to an activating group) is 1. The molecular formula is C25H25NO4. The van der Waals surface area contributed by atoms with E-state index in [4.69, 9.17) is 4.74 Å². The molecule has 0 aromatic heterocycles. The van der Waals surface area contributed by atoms with Gasteiger partial charge in [-0.3, -0.25) is 4.79 Å². The standard InChI is InChI=1S/C25H25NO4/c1-26-14-2-3-22(16-26)30-21-11-6-18(7-12-21)25(29)23-13-10-20(28)15-24(23)17-4-8-19(27)9-5-17/h4-13,15,22,27-28H,2-3,14,16H2,1H3. The third kappa shape index (κ3) is 4.47. The van der Waals surface area contributed by atoms with Crippen LogP contribution in [0.4, 0.5) is 0 Å². The molecule has 2 N–H and O–H groups in total. The highest BCUT2D eigenvalue weighted by Gasteiger charge is 2.19. The van der Waals surface area contributed by atoms with E-state index in [9.17, 15) is 15.0 Å². The Bertz CT molecular complexity index is 1030. The third-order valence-electron chi connectivity index (χ3n) is 5.43. The highest BCUT2D eigenvalue weighted by atomic mass is 16.5. The molecule has 0 spiro atoms. The number of hydrogen-bond acceptors (Lipinski definition) is 5. The van der Waals surface area contributed by atoms with E-state index < -0.39 is 0 Å². The number of benzene rings is 3. The number of carbonyl (C=O) groups excluding carboxylic acids is 1. The number of piperidine rings is 1. The smallest absolute Gasteiger partial charge is 0.193 e. The Labute approximate surface area is 176 Å². The van der Waals surface area contributed by atoms with E-state index in [0.29, 0.717) is 16.7 Å². The zero-order valence-corrected chi connectivity index (χ0v) is 16.9. The topological polar surface area (TPSA) is 70.0 Å². The molecule has 0 bridgehead atoms. The summed E-state index contributed by atoms with van der Waals surface area (Å²) < 4.78 is 6.08. The Morgan fingerprint density at radius 1 is 0.967 bits per heavy atom. The normalized spacial score (nSPS) is 16.9. The van der Waals surface area contributed by atoms with E-state index in [-0.39, 0.29) is 23.4 Å². The van der Waals surface area contributed by atoms with Gasteiger partial charge in [-0.1, -0.05) is 12.1 Å². The van der Waals surface area contributed by atoms with Crippen molar-refractivity contribution in [1.29, 1.82) is 0 Å². The highest BCUT2D eigenvalue weighted by molar-refractivity contribution is 6.13. The Morgan fingerprint density at radius 2 is 1.67 bits per heavy atom. The second-order valence-corrected chi connectivity index (χ2v) is 7.77. The van der Waals surface area contributed by atoms with Crippen LogP contribution >= 0.6 is 0 Å². The maximum absolute atomic E-state index is 13.2. The zero-order valence-electron chi connectivity index (χ0n) is 16.9. The second kappa shape index (κ2) is 8.59. The molecule has 5 nitrogen and oxygen atoms in total. The largest absolute Gasteiger partial charge is 0.508 e. The van der Waals surface area contributed by atoms with Gasteiger partial charge in [-0.25, -0.2) is 0 Å². The van der Waals surface area contributed by atoms with Gasteiger partial charge in [0.05, 0.1) is 0 Å². The molecule has 5 heteroatoms. The minimum absolute atomic E-state index is 0.0795. The molecule has 0 amide bonds. The van der Waals surface area contributed by atoms with Gasteiger partial charge in [0.15, 0.2) is 5.78 Å². The number of aromatic hydroxyl groups is 2. The number of phenolic OH excluding ortho intramolecular Hbond substituents is 2. The zero-order chi connectivity index (χ0) is 21.1. The number of ether oxygens (including phenoxy) is 1. The lowest BCUT2D eigenvalue weighted by Gasteiger charge is -2.30. The Morgan fingerprint density at radius 3 is 2.37 bits per heavy atom. The summed E-state index contributed by atoms with van der Waals surface area (Å²) in [6, 6.07) is 18.5. The van der Waals surface area contributed by atoms with E-state index in [2.05, 4.69) is 11.9 Å². The number of nitrogens with zero attached hydrogens (tertiary/aromatic N) is 1. The first kappa shape index (κ1) is 20.0. The van der Waals surface area contributed by atoms with Crippen LogP contribution in [0.1, 0.15) is 28.8 Å². The molecule has 1 aliphatic heterocycles. The van der Waals surface area contributed by atoms with E-state index in [1.807, 2.05) is 12.1 Å². The van der Waals surface area contributed by atoms with Crippen LogP contribution in [0.2, 0.25) is 0 Å². The average molecular weight is 403 g/mol. The fourth-order valence-electron chi connectivity index (χ4n) is 3.86. The van der Waals surface area contributed by atoms with Gasteiger partial charge in [-0.2, -0.15) is 0 Å². The summed E-state index contributed by atoms with van der Waals surface area (Å²) in [5, 5.41) is 19.5. The SMILES string of the molecule is CN1CCCC(Oc2ccc(C(=O)c3ccc(O)cc3-c3ccc(O)cc3)cc2)C1. The van der Waals surface area contributed by atoms with Crippen LogP contribution in [0, 0.1) is 0 Å². The Kier molecular flexibility index (Phi) is 5.72. The molecule has 1 atom stereocenters. The van der Waals surface area contributed by atoms with Gasteiger partial charge in [0.1, 0.15) is 23.4 Å². The molecule has 1 aliphatic rings. The van der Waals surface area contributed by atoms with Gasteiger partial charge in [0.25, 0.3) is 0 Å². The second-order valence-electron chi connectivity index (χ2n) is 7.77. The number of likely N-dealkylation sites (tertiary alicyclic amines) is 1. The predicted octanol–water partition coefficient (Wildman–Crippen LogP) is 4.47. The minimum atomic E-state index is -0.137. The summed E-state index contributed by atoms with van der Waals surface area (Å²) in [6.45, 7) is 2.01. The van der Waals surface area contributed by atoms with Crippen molar-refractivity contribution in [3.05, 3.63) is 77.9 Å². The summed E-state index contributed by atoms with van der Waals surface area (Å²) in [6.07, 6.45) is 2.33. The van der Waals surface area contributed by atoms with Crippen LogP contribution < -0.4 is 4.74 Å². The van der Waals surface area contributed by atoms with Crippen LogP contribution in [0.25, 0.3) is 11.1 Å². The maximum atomic E-state index is 13.2. The van der Waals surface area contributed by atoms with Crippen molar-refractivity contribution in [1.82, 2.24) is 4.90 Å². The molecule has 0 saturated carbocycles. The predicted molar refractivity (Wildman–Crippen MR) is 116 cm³/mol. The molecular weight excluding hydrogens is 378 g/mol. The molecule has 1 fully saturated rings. The number of rotatable bonds is 5. The lowest BCUT2D eigenvalue weighted by Crippen LogP contribution is -2.38. The lowest BCUT2D eigenvalue weighted by atomic mass is 9.93. The van der Waals surface area contributed by atoms with Crippen molar-refractivity contribution in [2.75, 3.05) is 20.1 Å². The van der Waals surface area contributed by atoms with Crippen molar-refractivity contribution in [3.63, 3.8) is 0 Å². The molecule has 1 heterocycles. The van der Waals surface area contributed by atoms with Crippen LogP contribution in [0.5, 0.6) is 17.2 Å². The van der Waals surface area contributed by atoms with Crippen LogP contribution in [0.3, 0.4) is 0 Å². The van der Waals surface area contributed by atoms with Crippen molar-refractivity contribution < 1.29 is 19.7 Å². The monoisotopic (exact) mass is 403 g/mol. The van der Waals surface area contributed by atoms with Gasteiger partial charge < -0.3 is 19.8 Å². The molecule has 3 aromatic rings. The third-order valence-corrected chi connectivity index (χ3v) is 5.43. The van der Waals surface area contributed by atoms with Crippen LogP contribution in [0.15, 0.2) is 66.7 Å². The average Bonchev–Trinajstić information content (AvgIpc) is 2.74. The van der Waals surface area contributed by atoms with E-state index >= 15 is 0 Å². The van der Waals surface area contributed by atoms with Crippen molar-refractivity contribution in [2.24, 2.45) is 0 Å². The van der Waals surface area contributed by atoms with Crippen molar-refractivity contribution in [3.8, 4) is 28.4 Å². The quantitative estimate of drug-likeness (QED) is 0.615. The molecule has 3 aromatic carbocycles. The highest BCUT2D eigenvalue weighted by Crippen LogP contribution is 2.31.